The van der Waals surface area contributed by atoms with E-state index in [1.165, 1.54) is 6.42 Å². The number of aromatic carboxylic acids is 1. The molecular weight excluding hydrogens is 242 g/mol. The van der Waals surface area contributed by atoms with Crippen molar-refractivity contribution in [3.8, 4) is 5.75 Å². The van der Waals surface area contributed by atoms with E-state index < -0.39 is 5.97 Å². The molecule has 1 saturated heterocycles. The summed E-state index contributed by atoms with van der Waals surface area (Å²) >= 11 is 0. The largest absolute Gasteiger partial charge is 0.497 e. The number of carboxylic acid groups (broad SMARTS) is 1. The Balaban J connectivity index is 2.32. The highest BCUT2D eigenvalue weighted by molar-refractivity contribution is 5.94. The average molecular weight is 263 g/mol. The van der Waals surface area contributed by atoms with Crippen molar-refractivity contribution in [2.75, 3.05) is 25.1 Å². The van der Waals surface area contributed by atoms with Gasteiger partial charge in [0.1, 0.15) is 5.75 Å². The number of anilines is 1. The number of benzene rings is 1. The Bertz CT molecular complexity index is 459. The minimum absolute atomic E-state index is 0.359. The van der Waals surface area contributed by atoms with Crippen molar-refractivity contribution in [3.05, 3.63) is 23.8 Å². The van der Waals surface area contributed by atoms with Gasteiger partial charge in [-0.3, -0.25) is 0 Å². The van der Waals surface area contributed by atoms with Gasteiger partial charge in [-0.25, -0.2) is 4.79 Å². The third-order valence-electron chi connectivity index (χ3n) is 3.87. The number of hydrogen-bond donors (Lipinski definition) is 1. The Labute approximate surface area is 114 Å². The zero-order valence-corrected chi connectivity index (χ0v) is 11.6. The lowest BCUT2D eigenvalue weighted by molar-refractivity contribution is 0.0697. The molecule has 1 aromatic carbocycles. The summed E-state index contributed by atoms with van der Waals surface area (Å²) in [5.41, 5.74) is 1.14. The molecule has 1 fully saturated rings. The molecule has 0 spiro atoms. The number of nitrogens with zero attached hydrogens (tertiary/aromatic N) is 1. The van der Waals surface area contributed by atoms with Crippen molar-refractivity contribution in [3.63, 3.8) is 0 Å². The fourth-order valence-electron chi connectivity index (χ4n) is 2.70. The van der Waals surface area contributed by atoms with Gasteiger partial charge in [0, 0.05) is 19.2 Å². The van der Waals surface area contributed by atoms with Crippen molar-refractivity contribution < 1.29 is 14.6 Å². The topological polar surface area (TPSA) is 49.8 Å². The molecule has 1 N–H and O–H groups in total. The maximum atomic E-state index is 11.3. The second-order valence-electron chi connectivity index (χ2n) is 5.05. The predicted molar refractivity (Wildman–Crippen MR) is 75.2 cm³/mol. The Hall–Kier alpha value is -1.71. The molecule has 1 unspecified atom stereocenters. The minimum atomic E-state index is -0.878. The molecule has 1 aliphatic heterocycles. The summed E-state index contributed by atoms with van der Waals surface area (Å²) in [4.78, 5) is 13.5. The molecule has 19 heavy (non-hydrogen) atoms. The summed E-state index contributed by atoms with van der Waals surface area (Å²) < 4.78 is 5.21. The van der Waals surface area contributed by atoms with Gasteiger partial charge in [-0.15, -0.1) is 0 Å². The van der Waals surface area contributed by atoms with E-state index in [0.29, 0.717) is 17.2 Å². The van der Waals surface area contributed by atoms with Crippen LogP contribution in [0.5, 0.6) is 5.75 Å². The lowest BCUT2D eigenvalue weighted by atomic mass is 9.94. The van der Waals surface area contributed by atoms with Crippen LogP contribution in [0.15, 0.2) is 18.2 Å². The predicted octanol–water partition coefficient (Wildman–Crippen LogP) is 3.02. The Morgan fingerprint density at radius 3 is 2.95 bits per heavy atom. The smallest absolute Gasteiger partial charge is 0.337 e. The molecule has 0 aliphatic carbocycles. The van der Waals surface area contributed by atoms with E-state index in [0.717, 1.165) is 31.6 Å². The minimum Gasteiger partial charge on any atom is -0.497 e. The van der Waals surface area contributed by atoms with Crippen LogP contribution in [0, 0.1) is 5.92 Å². The highest BCUT2D eigenvalue weighted by Gasteiger charge is 2.23. The van der Waals surface area contributed by atoms with Crippen LogP contribution < -0.4 is 9.64 Å². The van der Waals surface area contributed by atoms with Gasteiger partial charge < -0.3 is 14.7 Å². The van der Waals surface area contributed by atoms with E-state index in [2.05, 4.69) is 11.8 Å². The number of methoxy groups -OCH3 is 1. The van der Waals surface area contributed by atoms with Crippen LogP contribution >= 0.6 is 0 Å². The molecule has 1 aromatic rings. The first-order valence-electron chi connectivity index (χ1n) is 6.82. The summed E-state index contributed by atoms with van der Waals surface area (Å²) in [6.07, 6.45) is 3.50. The number of rotatable bonds is 4. The van der Waals surface area contributed by atoms with Crippen molar-refractivity contribution in [2.24, 2.45) is 5.92 Å². The Morgan fingerprint density at radius 2 is 2.32 bits per heavy atom. The summed E-state index contributed by atoms with van der Waals surface area (Å²) in [5.74, 6) is 0.483. The highest BCUT2D eigenvalue weighted by Crippen LogP contribution is 2.30. The van der Waals surface area contributed by atoms with Crippen molar-refractivity contribution >= 4 is 11.7 Å². The summed E-state index contributed by atoms with van der Waals surface area (Å²) in [7, 11) is 1.60. The third kappa shape index (κ3) is 3.00. The molecule has 2 rings (SSSR count). The van der Waals surface area contributed by atoms with E-state index in [4.69, 9.17) is 4.74 Å². The molecule has 0 aromatic heterocycles. The molecule has 0 amide bonds. The molecule has 104 valence electrons. The van der Waals surface area contributed by atoms with Gasteiger partial charge >= 0.3 is 5.97 Å². The standard InChI is InChI=1S/C15H21NO3/c1-3-11-5-4-8-16(10-11)14-9-12(19-2)6-7-13(14)15(17)18/h6-7,9,11H,3-5,8,10H2,1-2H3,(H,17,18). The second-order valence-corrected chi connectivity index (χ2v) is 5.05. The van der Waals surface area contributed by atoms with Gasteiger partial charge in [-0.05, 0) is 30.9 Å². The molecule has 0 saturated carbocycles. The van der Waals surface area contributed by atoms with Crippen LogP contribution in [0.1, 0.15) is 36.5 Å². The fourth-order valence-corrected chi connectivity index (χ4v) is 2.70. The fraction of sp³-hybridized carbons (Fsp3) is 0.533. The maximum Gasteiger partial charge on any atom is 0.337 e. The molecule has 4 heteroatoms. The molecule has 1 heterocycles. The first-order valence-corrected chi connectivity index (χ1v) is 6.82. The number of carboxylic acids is 1. The molecule has 1 aliphatic rings. The van der Waals surface area contributed by atoms with Crippen molar-refractivity contribution in [2.45, 2.75) is 26.2 Å². The number of hydrogen-bond acceptors (Lipinski definition) is 3. The molecule has 0 radical (unpaired) electrons. The summed E-state index contributed by atoms with van der Waals surface area (Å²) in [6, 6.07) is 5.17. The second kappa shape index (κ2) is 5.95. The Kier molecular flexibility index (Phi) is 4.30. The van der Waals surface area contributed by atoms with Gasteiger partial charge in [-0.2, -0.15) is 0 Å². The average Bonchev–Trinajstić information content (AvgIpc) is 2.46. The van der Waals surface area contributed by atoms with Gasteiger partial charge in [0.2, 0.25) is 0 Å². The zero-order chi connectivity index (χ0) is 13.8. The first-order chi connectivity index (χ1) is 9.15. The highest BCUT2D eigenvalue weighted by atomic mass is 16.5. The van der Waals surface area contributed by atoms with E-state index >= 15 is 0 Å². The summed E-state index contributed by atoms with van der Waals surface area (Å²) in [6.45, 7) is 4.05. The lowest BCUT2D eigenvalue weighted by Gasteiger charge is -2.34. The van der Waals surface area contributed by atoms with E-state index in [9.17, 15) is 9.90 Å². The van der Waals surface area contributed by atoms with Crippen LogP contribution in [0.3, 0.4) is 0 Å². The van der Waals surface area contributed by atoms with Gasteiger partial charge in [-0.1, -0.05) is 13.3 Å². The lowest BCUT2D eigenvalue weighted by Crippen LogP contribution is -2.36. The molecule has 1 atom stereocenters. The maximum absolute atomic E-state index is 11.3. The summed E-state index contributed by atoms with van der Waals surface area (Å²) in [5, 5.41) is 9.32. The monoisotopic (exact) mass is 263 g/mol. The molecular formula is C15H21NO3. The van der Waals surface area contributed by atoms with E-state index in [1.54, 1.807) is 19.2 Å². The number of carbonyl (C=O) groups is 1. The van der Waals surface area contributed by atoms with Crippen LogP contribution in [0.4, 0.5) is 5.69 Å². The quantitative estimate of drug-likeness (QED) is 0.907. The number of piperidine rings is 1. The van der Waals surface area contributed by atoms with Crippen molar-refractivity contribution in [1.82, 2.24) is 0 Å². The number of ether oxygens (including phenoxy) is 1. The Morgan fingerprint density at radius 1 is 1.53 bits per heavy atom. The third-order valence-corrected chi connectivity index (χ3v) is 3.87. The van der Waals surface area contributed by atoms with Gasteiger partial charge in [0.05, 0.1) is 18.4 Å². The normalized spacial score (nSPS) is 19.3. The van der Waals surface area contributed by atoms with Crippen molar-refractivity contribution in [1.29, 1.82) is 0 Å². The molecule has 0 bridgehead atoms. The SMILES string of the molecule is CCC1CCCN(c2cc(OC)ccc2C(=O)O)C1. The zero-order valence-electron chi connectivity index (χ0n) is 11.6. The van der Waals surface area contributed by atoms with E-state index in [-0.39, 0.29) is 0 Å². The van der Waals surface area contributed by atoms with Crippen LogP contribution in [-0.4, -0.2) is 31.3 Å². The van der Waals surface area contributed by atoms with Crippen LogP contribution in [0.25, 0.3) is 0 Å². The molecule has 4 nitrogen and oxygen atoms in total. The van der Waals surface area contributed by atoms with Crippen LogP contribution in [-0.2, 0) is 0 Å². The van der Waals surface area contributed by atoms with E-state index in [1.807, 2.05) is 6.07 Å². The van der Waals surface area contributed by atoms with Gasteiger partial charge in [0.25, 0.3) is 0 Å². The van der Waals surface area contributed by atoms with Gasteiger partial charge in [0.15, 0.2) is 0 Å². The first kappa shape index (κ1) is 13.7. The van der Waals surface area contributed by atoms with Crippen LogP contribution in [0.2, 0.25) is 0 Å².